The van der Waals surface area contributed by atoms with E-state index < -0.39 is 5.97 Å². The van der Waals surface area contributed by atoms with Crippen LogP contribution in [0.2, 0.25) is 0 Å². The van der Waals surface area contributed by atoms with Crippen LogP contribution in [0.15, 0.2) is 66.4 Å². The summed E-state index contributed by atoms with van der Waals surface area (Å²) in [7, 11) is 0. The molecule has 0 bridgehead atoms. The number of hydrogen-bond acceptors (Lipinski definition) is 5. The Morgan fingerprint density at radius 3 is 2.41 bits per heavy atom. The van der Waals surface area contributed by atoms with Crippen LogP contribution in [0.1, 0.15) is 35.8 Å². The topological polar surface area (TPSA) is 91.2 Å². The molecule has 0 aliphatic heterocycles. The Morgan fingerprint density at radius 1 is 1.15 bits per heavy atom. The molecule has 2 aromatic rings. The molecule has 1 atom stereocenters. The number of nitriles is 1. The fraction of sp³-hybridized carbons (Fsp3) is 0.190. The lowest BCUT2D eigenvalue weighted by Gasteiger charge is -2.14. The van der Waals surface area contributed by atoms with Gasteiger partial charge in [0.05, 0.1) is 12.6 Å². The van der Waals surface area contributed by atoms with Gasteiger partial charge in [-0.2, -0.15) is 5.26 Å². The number of anilines is 1. The Hall–Kier alpha value is -3.59. The van der Waals surface area contributed by atoms with Crippen molar-refractivity contribution in [2.75, 3.05) is 11.9 Å². The molecule has 0 heterocycles. The van der Waals surface area contributed by atoms with Crippen molar-refractivity contribution in [3.8, 4) is 6.07 Å². The summed E-state index contributed by atoms with van der Waals surface area (Å²) in [6.45, 7) is 3.79. The molecule has 138 valence electrons. The largest absolute Gasteiger partial charge is 0.462 e. The summed E-state index contributed by atoms with van der Waals surface area (Å²) < 4.78 is 4.78. The van der Waals surface area contributed by atoms with Gasteiger partial charge in [-0.3, -0.25) is 4.79 Å². The lowest BCUT2D eigenvalue weighted by atomic mass is 10.1. The molecule has 0 aliphatic carbocycles. The average Bonchev–Trinajstić information content (AvgIpc) is 2.69. The Labute approximate surface area is 158 Å². The number of nitrogens with zero attached hydrogens (tertiary/aromatic N) is 1. The normalized spacial score (nSPS) is 11.8. The summed E-state index contributed by atoms with van der Waals surface area (Å²) in [6, 6.07) is 18.1. The van der Waals surface area contributed by atoms with E-state index in [1.807, 2.05) is 37.3 Å². The SMILES string of the molecule is CCOC(=O)/C(C#N)=C\Nc1ccc(C(=O)NC(C)c2ccccc2)cc1. The van der Waals surface area contributed by atoms with E-state index in [1.165, 1.54) is 6.20 Å². The highest BCUT2D eigenvalue weighted by Gasteiger charge is 2.12. The molecule has 6 nitrogen and oxygen atoms in total. The molecule has 0 aromatic heterocycles. The fourth-order valence-corrected chi connectivity index (χ4v) is 2.32. The Bertz CT molecular complexity index is 852. The van der Waals surface area contributed by atoms with Crippen molar-refractivity contribution in [3.05, 3.63) is 77.5 Å². The molecule has 0 saturated heterocycles. The number of nitrogens with one attached hydrogen (secondary N) is 2. The maximum atomic E-state index is 12.4. The van der Waals surface area contributed by atoms with E-state index in [0.717, 1.165) is 5.56 Å². The second kappa shape index (κ2) is 9.78. The van der Waals surface area contributed by atoms with Crippen LogP contribution in [-0.2, 0) is 9.53 Å². The van der Waals surface area contributed by atoms with Crippen molar-refractivity contribution >= 4 is 17.6 Å². The number of carbonyl (C=O) groups excluding carboxylic acids is 2. The molecule has 6 heteroatoms. The second-order valence-corrected chi connectivity index (χ2v) is 5.72. The summed E-state index contributed by atoms with van der Waals surface area (Å²) in [6.07, 6.45) is 1.28. The van der Waals surface area contributed by atoms with E-state index in [4.69, 9.17) is 10.00 Å². The van der Waals surface area contributed by atoms with Gasteiger partial charge in [-0.05, 0) is 43.7 Å². The lowest BCUT2D eigenvalue weighted by molar-refractivity contribution is -0.138. The number of carbonyl (C=O) groups is 2. The molecule has 1 amide bonds. The number of amides is 1. The highest BCUT2D eigenvalue weighted by molar-refractivity contribution is 5.95. The highest BCUT2D eigenvalue weighted by atomic mass is 16.5. The van der Waals surface area contributed by atoms with Crippen LogP contribution >= 0.6 is 0 Å². The molecule has 1 unspecified atom stereocenters. The van der Waals surface area contributed by atoms with Gasteiger partial charge >= 0.3 is 5.97 Å². The van der Waals surface area contributed by atoms with Crippen molar-refractivity contribution in [2.45, 2.75) is 19.9 Å². The van der Waals surface area contributed by atoms with Crippen LogP contribution in [0.3, 0.4) is 0 Å². The molecule has 0 spiro atoms. The third kappa shape index (κ3) is 5.72. The summed E-state index contributed by atoms with van der Waals surface area (Å²) in [5, 5.41) is 14.8. The fourth-order valence-electron chi connectivity index (χ4n) is 2.32. The van der Waals surface area contributed by atoms with Crippen LogP contribution in [0.4, 0.5) is 5.69 Å². The first-order valence-electron chi connectivity index (χ1n) is 8.55. The Morgan fingerprint density at radius 2 is 1.81 bits per heavy atom. The highest BCUT2D eigenvalue weighted by Crippen LogP contribution is 2.14. The number of esters is 1. The third-order valence-electron chi connectivity index (χ3n) is 3.79. The van der Waals surface area contributed by atoms with Crippen molar-refractivity contribution in [3.63, 3.8) is 0 Å². The van der Waals surface area contributed by atoms with Crippen LogP contribution < -0.4 is 10.6 Å². The smallest absolute Gasteiger partial charge is 0.350 e. The van der Waals surface area contributed by atoms with E-state index in [1.54, 1.807) is 37.3 Å². The van der Waals surface area contributed by atoms with Crippen molar-refractivity contribution in [1.82, 2.24) is 5.32 Å². The van der Waals surface area contributed by atoms with Gasteiger partial charge in [0.25, 0.3) is 5.91 Å². The van der Waals surface area contributed by atoms with Crippen LogP contribution in [-0.4, -0.2) is 18.5 Å². The Kier molecular flexibility index (Phi) is 7.15. The minimum Gasteiger partial charge on any atom is -0.462 e. The van der Waals surface area contributed by atoms with E-state index in [0.29, 0.717) is 11.3 Å². The van der Waals surface area contributed by atoms with Gasteiger partial charge in [0.15, 0.2) is 5.57 Å². The summed E-state index contributed by atoms with van der Waals surface area (Å²) in [4.78, 5) is 23.9. The lowest BCUT2D eigenvalue weighted by Crippen LogP contribution is -2.26. The predicted molar refractivity (Wildman–Crippen MR) is 103 cm³/mol. The molecule has 27 heavy (non-hydrogen) atoms. The first kappa shape index (κ1) is 19.7. The van der Waals surface area contributed by atoms with Crippen LogP contribution in [0, 0.1) is 11.3 Å². The molecule has 2 rings (SSSR count). The number of benzene rings is 2. The van der Waals surface area contributed by atoms with Gasteiger partial charge < -0.3 is 15.4 Å². The van der Waals surface area contributed by atoms with Crippen molar-refractivity contribution in [1.29, 1.82) is 5.26 Å². The van der Waals surface area contributed by atoms with Crippen LogP contribution in [0.5, 0.6) is 0 Å². The van der Waals surface area contributed by atoms with E-state index in [9.17, 15) is 9.59 Å². The standard InChI is InChI=1S/C21H21N3O3/c1-3-27-21(26)18(13-22)14-23-19-11-9-17(10-12-19)20(25)24-15(2)16-7-5-4-6-8-16/h4-12,14-15,23H,3H2,1-2H3,(H,24,25)/b18-14-. The zero-order chi connectivity index (χ0) is 19.6. The van der Waals surface area contributed by atoms with Crippen molar-refractivity contribution < 1.29 is 14.3 Å². The molecule has 0 saturated carbocycles. The summed E-state index contributed by atoms with van der Waals surface area (Å²) in [5.74, 6) is -0.865. The quantitative estimate of drug-likeness (QED) is 0.446. The minimum atomic E-state index is -0.682. The molecular formula is C21H21N3O3. The zero-order valence-electron chi connectivity index (χ0n) is 15.2. The first-order valence-corrected chi connectivity index (χ1v) is 8.55. The second-order valence-electron chi connectivity index (χ2n) is 5.72. The van der Waals surface area contributed by atoms with Gasteiger partial charge in [0.1, 0.15) is 6.07 Å². The maximum Gasteiger partial charge on any atom is 0.350 e. The molecule has 0 aliphatic rings. The van der Waals surface area contributed by atoms with Gasteiger partial charge in [0, 0.05) is 17.5 Å². The van der Waals surface area contributed by atoms with Gasteiger partial charge in [-0.1, -0.05) is 30.3 Å². The predicted octanol–water partition coefficient (Wildman–Crippen LogP) is 3.56. The van der Waals surface area contributed by atoms with E-state index in [2.05, 4.69) is 10.6 Å². The molecule has 0 radical (unpaired) electrons. The van der Waals surface area contributed by atoms with Gasteiger partial charge in [-0.15, -0.1) is 0 Å². The summed E-state index contributed by atoms with van der Waals surface area (Å²) >= 11 is 0. The molecular weight excluding hydrogens is 342 g/mol. The van der Waals surface area contributed by atoms with E-state index in [-0.39, 0.29) is 24.1 Å². The monoisotopic (exact) mass is 363 g/mol. The number of rotatable bonds is 7. The van der Waals surface area contributed by atoms with E-state index >= 15 is 0 Å². The zero-order valence-corrected chi connectivity index (χ0v) is 15.2. The van der Waals surface area contributed by atoms with Crippen molar-refractivity contribution in [2.24, 2.45) is 0 Å². The average molecular weight is 363 g/mol. The molecule has 2 N–H and O–H groups in total. The van der Waals surface area contributed by atoms with Crippen LogP contribution in [0.25, 0.3) is 0 Å². The van der Waals surface area contributed by atoms with Gasteiger partial charge in [-0.25, -0.2) is 4.79 Å². The van der Waals surface area contributed by atoms with Gasteiger partial charge in [0.2, 0.25) is 0 Å². The Balaban J connectivity index is 1.99. The third-order valence-corrected chi connectivity index (χ3v) is 3.79. The maximum absolute atomic E-state index is 12.4. The first-order chi connectivity index (χ1) is 13.0. The molecule has 2 aromatic carbocycles. The number of hydrogen-bond donors (Lipinski definition) is 2. The minimum absolute atomic E-state index is 0.109. The number of ether oxygens (including phenoxy) is 1. The molecule has 0 fully saturated rings. The summed E-state index contributed by atoms with van der Waals surface area (Å²) in [5.41, 5.74) is 2.05.